The third-order valence-corrected chi connectivity index (χ3v) is 11.0. The van der Waals surface area contributed by atoms with Crippen molar-refractivity contribution in [2.24, 2.45) is 0 Å². The van der Waals surface area contributed by atoms with Gasteiger partial charge in [-0.05, 0) is 44.9 Å². The van der Waals surface area contributed by atoms with Crippen LogP contribution < -0.4 is 0 Å². The zero-order valence-corrected chi connectivity index (χ0v) is 37.2. The van der Waals surface area contributed by atoms with E-state index >= 15 is 0 Å². The number of hydrogen-bond acceptors (Lipinski definition) is 11. The maximum atomic E-state index is 12.8. The zero-order chi connectivity index (χ0) is 42.5. The number of carbonyl (C=O) groups is 1. The molecule has 1 aliphatic heterocycles. The fourth-order valence-corrected chi connectivity index (χ4v) is 7.56. The van der Waals surface area contributed by atoms with Crippen molar-refractivity contribution in [3.05, 3.63) is 24.3 Å². The third kappa shape index (κ3) is 30.6. The molecule has 58 heavy (non-hydrogen) atoms. The number of allylic oxidation sites excluding steroid dienone is 4. The number of unbranched alkanes of at least 4 members (excludes halogenated alkanes) is 23. The van der Waals surface area contributed by atoms with E-state index in [1.807, 2.05) is 0 Å². The molecule has 13 heteroatoms. The Labute approximate surface area is 352 Å². The summed E-state index contributed by atoms with van der Waals surface area (Å²) in [4.78, 5) is 12.8. The minimum Gasteiger partial charge on any atom is -0.457 e. The SMILES string of the molecule is CCCCC/C=C\C/C=C\CCCCCCCCCC(=O)OC(COCCCCCCCCCCCCCCCC)COC1OC(CO)C(O)C(OS(=O)(=O)O)C1O. The molecule has 0 bridgehead atoms. The molecule has 1 heterocycles. The highest BCUT2D eigenvalue weighted by Gasteiger charge is 2.48. The monoisotopic (exact) mass is 849 g/mol. The van der Waals surface area contributed by atoms with E-state index in [2.05, 4.69) is 42.3 Å². The Morgan fingerprint density at radius 1 is 0.655 bits per heavy atom. The second-order valence-corrected chi connectivity index (χ2v) is 17.0. The van der Waals surface area contributed by atoms with Gasteiger partial charge < -0.3 is 34.3 Å². The quantitative estimate of drug-likeness (QED) is 0.0199. The Balaban J connectivity index is 2.42. The van der Waals surface area contributed by atoms with Crippen molar-refractivity contribution < 1.29 is 56.2 Å². The van der Waals surface area contributed by atoms with Gasteiger partial charge in [-0.15, -0.1) is 0 Å². The summed E-state index contributed by atoms with van der Waals surface area (Å²) in [7, 11) is -5.06. The van der Waals surface area contributed by atoms with E-state index in [4.69, 9.17) is 23.5 Å². The first kappa shape index (κ1) is 54.6. The molecule has 1 aliphatic rings. The molecule has 0 radical (unpaired) electrons. The smallest absolute Gasteiger partial charge is 0.397 e. The summed E-state index contributed by atoms with van der Waals surface area (Å²) in [5.74, 6) is -0.405. The molecule has 1 fully saturated rings. The van der Waals surface area contributed by atoms with Crippen LogP contribution in [-0.2, 0) is 38.3 Å². The van der Waals surface area contributed by atoms with Gasteiger partial charge in [-0.1, -0.05) is 167 Å². The van der Waals surface area contributed by atoms with E-state index < -0.39 is 59.8 Å². The summed E-state index contributed by atoms with van der Waals surface area (Å²) >= 11 is 0. The van der Waals surface area contributed by atoms with Crippen LogP contribution in [0.2, 0.25) is 0 Å². The van der Waals surface area contributed by atoms with E-state index in [9.17, 15) is 28.5 Å². The summed E-state index contributed by atoms with van der Waals surface area (Å²) in [5, 5.41) is 30.7. The van der Waals surface area contributed by atoms with Gasteiger partial charge in [0.25, 0.3) is 0 Å². The van der Waals surface area contributed by atoms with Gasteiger partial charge in [0.2, 0.25) is 0 Å². The van der Waals surface area contributed by atoms with Crippen LogP contribution in [0.15, 0.2) is 24.3 Å². The van der Waals surface area contributed by atoms with Crippen LogP contribution in [0.1, 0.15) is 194 Å². The fourth-order valence-electron chi connectivity index (χ4n) is 7.06. The first-order valence-electron chi connectivity index (χ1n) is 23.1. The highest BCUT2D eigenvalue weighted by atomic mass is 32.3. The molecule has 0 aromatic carbocycles. The fraction of sp³-hybridized carbons (Fsp3) is 0.889. The second kappa shape index (κ2) is 37.4. The molecule has 1 rings (SSSR count). The number of rotatable bonds is 40. The molecule has 4 N–H and O–H groups in total. The van der Waals surface area contributed by atoms with Gasteiger partial charge in [0.1, 0.15) is 30.5 Å². The summed E-state index contributed by atoms with van der Waals surface area (Å²) in [6, 6.07) is 0. The normalized spacial score (nSPS) is 20.7. The Bertz CT molecular complexity index is 1120. The van der Waals surface area contributed by atoms with Gasteiger partial charge in [0.05, 0.1) is 19.8 Å². The van der Waals surface area contributed by atoms with Gasteiger partial charge in [-0.3, -0.25) is 9.35 Å². The summed E-state index contributed by atoms with van der Waals surface area (Å²) in [6.07, 6.45) is 32.0. The van der Waals surface area contributed by atoms with Gasteiger partial charge in [-0.25, -0.2) is 4.18 Å². The van der Waals surface area contributed by atoms with E-state index in [-0.39, 0.29) is 19.6 Å². The Kier molecular flexibility index (Phi) is 35.2. The zero-order valence-electron chi connectivity index (χ0n) is 36.4. The number of aliphatic hydroxyl groups excluding tert-OH is 3. The van der Waals surface area contributed by atoms with Gasteiger partial charge in [0.15, 0.2) is 6.29 Å². The molecule has 1 saturated heterocycles. The van der Waals surface area contributed by atoms with Crippen molar-refractivity contribution >= 4 is 16.4 Å². The predicted molar refractivity (Wildman–Crippen MR) is 230 cm³/mol. The lowest BCUT2D eigenvalue weighted by Crippen LogP contribution is -2.60. The lowest BCUT2D eigenvalue weighted by molar-refractivity contribution is -0.301. The van der Waals surface area contributed by atoms with Crippen molar-refractivity contribution in [2.75, 3.05) is 26.4 Å². The topological polar surface area (TPSA) is 178 Å². The van der Waals surface area contributed by atoms with Gasteiger partial charge in [-0.2, -0.15) is 8.42 Å². The van der Waals surface area contributed by atoms with Crippen LogP contribution in [0.3, 0.4) is 0 Å². The Morgan fingerprint density at radius 3 is 1.67 bits per heavy atom. The summed E-state index contributed by atoms with van der Waals surface area (Å²) in [5.41, 5.74) is 0. The minimum absolute atomic E-state index is 0.0366. The van der Waals surface area contributed by atoms with Crippen LogP contribution in [-0.4, -0.2) is 97.5 Å². The molecule has 6 unspecified atom stereocenters. The molecular weight excluding hydrogens is 765 g/mol. The second-order valence-electron chi connectivity index (χ2n) is 16.0. The van der Waals surface area contributed by atoms with Crippen LogP contribution in [0, 0.1) is 0 Å². The number of hydrogen-bond donors (Lipinski definition) is 4. The van der Waals surface area contributed by atoms with Crippen LogP contribution >= 0.6 is 0 Å². The van der Waals surface area contributed by atoms with E-state index in [1.54, 1.807) is 0 Å². The molecule has 0 amide bonds. The standard InChI is InChI=1S/C45H84O12S/c1-3-5-7-9-11-13-15-17-19-20-21-22-24-26-28-30-32-34-41(47)55-39(37-53-35-33-31-29-27-25-23-18-16-14-12-10-8-6-4-2)38-54-45-43(49)44(57-58(50,51)52)42(48)40(36-46)56-45/h11,13,17,19,39-40,42-46,48-49H,3-10,12,14-16,18,20-38H2,1-2H3,(H,50,51,52)/b13-11-,19-17-. The largest absolute Gasteiger partial charge is 0.457 e. The maximum absolute atomic E-state index is 12.8. The van der Waals surface area contributed by atoms with Crippen molar-refractivity contribution in [1.29, 1.82) is 0 Å². The first-order valence-corrected chi connectivity index (χ1v) is 24.5. The number of esters is 1. The number of ether oxygens (including phenoxy) is 4. The average Bonchev–Trinajstić information content (AvgIpc) is 3.19. The predicted octanol–water partition coefficient (Wildman–Crippen LogP) is 9.63. The minimum atomic E-state index is -5.06. The van der Waals surface area contributed by atoms with Crippen molar-refractivity contribution in [2.45, 2.75) is 230 Å². The first-order chi connectivity index (χ1) is 28.1. The molecule has 0 spiro atoms. The number of aliphatic hydroxyl groups is 3. The molecule has 6 atom stereocenters. The molecular formula is C45H84O12S. The van der Waals surface area contributed by atoms with Crippen LogP contribution in [0.4, 0.5) is 0 Å². The van der Waals surface area contributed by atoms with Crippen LogP contribution in [0.5, 0.6) is 0 Å². The molecule has 0 saturated carbocycles. The lowest BCUT2D eigenvalue weighted by atomic mass is 9.99. The third-order valence-electron chi connectivity index (χ3n) is 10.6. The van der Waals surface area contributed by atoms with Gasteiger partial charge >= 0.3 is 16.4 Å². The van der Waals surface area contributed by atoms with Crippen molar-refractivity contribution in [3.63, 3.8) is 0 Å². The lowest BCUT2D eigenvalue weighted by Gasteiger charge is -2.41. The maximum Gasteiger partial charge on any atom is 0.397 e. The summed E-state index contributed by atoms with van der Waals surface area (Å²) < 4.78 is 59.1. The highest BCUT2D eigenvalue weighted by Crippen LogP contribution is 2.26. The van der Waals surface area contributed by atoms with E-state index in [1.165, 1.54) is 116 Å². The molecule has 342 valence electrons. The molecule has 12 nitrogen and oxygen atoms in total. The van der Waals surface area contributed by atoms with Crippen LogP contribution in [0.25, 0.3) is 0 Å². The number of carbonyl (C=O) groups excluding carboxylic acids is 1. The highest BCUT2D eigenvalue weighted by molar-refractivity contribution is 7.80. The van der Waals surface area contributed by atoms with Crippen molar-refractivity contribution in [3.8, 4) is 0 Å². The van der Waals surface area contributed by atoms with E-state index in [0.717, 1.165) is 51.4 Å². The molecule has 0 aromatic rings. The Morgan fingerprint density at radius 2 is 1.14 bits per heavy atom. The van der Waals surface area contributed by atoms with Gasteiger partial charge in [0, 0.05) is 13.0 Å². The van der Waals surface area contributed by atoms with Crippen molar-refractivity contribution in [1.82, 2.24) is 0 Å². The average molecular weight is 849 g/mol. The van der Waals surface area contributed by atoms with E-state index in [0.29, 0.717) is 13.0 Å². The Hall–Kier alpha value is -1.42. The molecule has 0 aromatic heterocycles. The summed E-state index contributed by atoms with van der Waals surface area (Å²) in [6.45, 7) is 3.97. The molecule has 0 aliphatic carbocycles.